The molecule has 0 aromatic carbocycles. The monoisotopic (exact) mass is 316 g/mol. The predicted molar refractivity (Wildman–Crippen MR) is 85.4 cm³/mol. The number of aromatic nitrogens is 1. The number of nitrogens with zero attached hydrogens (tertiary/aromatic N) is 1. The molecule has 124 valence electrons. The SMILES string of the molecule is O=C(N[C@@H]1CCOC[C@H]1OCC1CC1)c1cnc2c(c1)CCC2. The molecule has 1 aromatic rings. The van der Waals surface area contributed by atoms with Crippen molar-refractivity contribution in [2.24, 2.45) is 5.92 Å². The zero-order chi connectivity index (χ0) is 15.6. The summed E-state index contributed by atoms with van der Waals surface area (Å²) in [6.45, 7) is 2.04. The molecular formula is C18H24N2O3. The number of aryl methyl sites for hydroxylation is 2. The third-order valence-corrected chi connectivity index (χ3v) is 5.05. The van der Waals surface area contributed by atoms with Crippen LogP contribution in [0.3, 0.4) is 0 Å². The van der Waals surface area contributed by atoms with Gasteiger partial charge in [-0.2, -0.15) is 0 Å². The number of carbonyl (C=O) groups is 1. The zero-order valence-electron chi connectivity index (χ0n) is 13.4. The molecule has 5 nitrogen and oxygen atoms in total. The van der Waals surface area contributed by atoms with Crippen molar-refractivity contribution in [3.63, 3.8) is 0 Å². The first-order chi connectivity index (χ1) is 11.3. The lowest BCUT2D eigenvalue weighted by Gasteiger charge is -2.32. The Morgan fingerprint density at radius 2 is 2.26 bits per heavy atom. The van der Waals surface area contributed by atoms with Crippen molar-refractivity contribution >= 4 is 5.91 Å². The minimum atomic E-state index is -0.0425. The van der Waals surface area contributed by atoms with Crippen LogP contribution < -0.4 is 5.32 Å². The van der Waals surface area contributed by atoms with E-state index in [0.717, 1.165) is 38.0 Å². The van der Waals surface area contributed by atoms with Crippen LogP contribution in [-0.4, -0.2) is 42.9 Å². The van der Waals surface area contributed by atoms with Crippen molar-refractivity contribution in [3.05, 3.63) is 29.1 Å². The van der Waals surface area contributed by atoms with E-state index in [1.165, 1.54) is 18.4 Å². The standard InChI is InChI=1S/C18H24N2O3/c21-18(14-8-13-2-1-3-15(13)19-9-14)20-16-6-7-22-11-17(16)23-10-12-4-5-12/h8-9,12,16-17H,1-7,10-11H2,(H,20,21)/t16-,17-/m1/s1. The van der Waals surface area contributed by atoms with E-state index < -0.39 is 0 Å². The van der Waals surface area contributed by atoms with Gasteiger partial charge in [-0.05, 0) is 56.1 Å². The third-order valence-electron chi connectivity index (χ3n) is 5.05. The minimum absolute atomic E-state index is 0.0308. The van der Waals surface area contributed by atoms with Crippen LogP contribution in [0.25, 0.3) is 0 Å². The van der Waals surface area contributed by atoms with Gasteiger partial charge in [0.1, 0.15) is 6.10 Å². The summed E-state index contributed by atoms with van der Waals surface area (Å²) < 4.78 is 11.5. The molecule has 0 radical (unpaired) electrons. The van der Waals surface area contributed by atoms with E-state index in [4.69, 9.17) is 9.47 Å². The summed E-state index contributed by atoms with van der Waals surface area (Å²) in [7, 11) is 0. The highest BCUT2D eigenvalue weighted by atomic mass is 16.5. The number of nitrogens with one attached hydrogen (secondary N) is 1. The molecule has 0 bridgehead atoms. The molecule has 3 aliphatic rings. The topological polar surface area (TPSA) is 60.5 Å². The van der Waals surface area contributed by atoms with Gasteiger partial charge in [0, 0.05) is 25.1 Å². The number of rotatable bonds is 5. The number of carbonyl (C=O) groups excluding carboxylic acids is 1. The molecule has 2 atom stereocenters. The molecular weight excluding hydrogens is 292 g/mol. The number of amides is 1. The highest BCUT2D eigenvalue weighted by Crippen LogP contribution is 2.30. The van der Waals surface area contributed by atoms with Gasteiger partial charge in [-0.1, -0.05) is 0 Å². The van der Waals surface area contributed by atoms with Gasteiger partial charge < -0.3 is 14.8 Å². The highest BCUT2D eigenvalue weighted by Gasteiger charge is 2.31. The Kier molecular flexibility index (Phi) is 4.31. The zero-order valence-corrected chi connectivity index (χ0v) is 13.4. The van der Waals surface area contributed by atoms with E-state index in [0.29, 0.717) is 24.7 Å². The van der Waals surface area contributed by atoms with Gasteiger partial charge in [0.25, 0.3) is 5.91 Å². The first kappa shape index (κ1) is 15.1. The normalized spacial score (nSPS) is 26.8. The largest absolute Gasteiger partial charge is 0.379 e. The summed E-state index contributed by atoms with van der Waals surface area (Å²) in [6, 6.07) is 2.03. The van der Waals surface area contributed by atoms with Crippen molar-refractivity contribution in [3.8, 4) is 0 Å². The summed E-state index contributed by atoms with van der Waals surface area (Å²) in [5.41, 5.74) is 3.04. The van der Waals surface area contributed by atoms with Crippen LogP contribution in [0, 0.1) is 5.92 Å². The van der Waals surface area contributed by atoms with E-state index in [2.05, 4.69) is 10.3 Å². The van der Waals surface area contributed by atoms with Crippen LogP contribution >= 0.6 is 0 Å². The Morgan fingerprint density at radius 1 is 1.35 bits per heavy atom. The summed E-state index contributed by atoms with van der Waals surface area (Å²) >= 11 is 0. The van der Waals surface area contributed by atoms with Crippen LogP contribution in [0.4, 0.5) is 0 Å². The third kappa shape index (κ3) is 3.56. The summed E-state index contributed by atoms with van der Waals surface area (Å²) in [5, 5.41) is 3.14. The van der Waals surface area contributed by atoms with Crippen LogP contribution in [0.1, 0.15) is 47.3 Å². The molecule has 2 heterocycles. The fraction of sp³-hybridized carbons (Fsp3) is 0.667. The predicted octanol–water partition coefficient (Wildman–Crippen LogP) is 1.88. The molecule has 1 aliphatic heterocycles. The second-order valence-corrected chi connectivity index (χ2v) is 6.94. The van der Waals surface area contributed by atoms with Crippen molar-refractivity contribution in [2.75, 3.05) is 19.8 Å². The maximum absolute atomic E-state index is 12.6. The molecule has 5 heteroatoms. The minimum Gasteiger partial charge on any atom is -0.379 e. The Hall–Kier alpha value is -1.46. The Bertz CT molecular complexity index is 586. The molecule has 23 heavy (non-hydrogen) atoms. The summed E-state index contributed by atoms with van der Waals surface area (Å²) in [4.78, 5) is 17.0. The van der Waals surface area contributed by atoms with Gasteiger partial charge in [0.2, 0.25) is 0 Å². The van der Waals surface area contributed by atoms with Crippen LogP contribution in [0.5, 0.6) is 0 Å². The number of hydrogen-bond donors (Lipinski definition) is 1. The summed E-state index contributed by atoms with van der Waals surface area (Å²) in [6.07, 6.45) is 8.23. The lowest BCUT2D eigenvalue weighted by molar-refractivity contribution is -0.0697. The second-order valence-electron chi connectivity index (χ2n) is 6.94. The maximum Gasteiger partial charge on any atom is 0.253 e. The van der Waals surface area contributed by atoms with Crippen LogP contribution in [0.2, 0.25) is 0 Å². The van der Waals surface area contributed by atoms with Gasteiger partial charge >= 0.3 is 0 Å². The van der Waals surface area contributed by atoms with Crippen molar-refractivity contribution in [1.29, 1.82) is 0 Å². The Morgan fingerprint density at radius 3 is 3.13 bits per heavy atom. The molecule has 1 saturated carbocycles. The lowest BCUT2D eigenvalue weighted by Crippen LogP contribution is -2.50. The second kappa shape index (κ2) is 6.57. The van der Waals surface area contributed by atoms with E-state index in [1.54, 1.807) is 6.20 Å². The fourth-order valence-corrected chi connectivity index (χ4v) is 3.39. The number of hydrogen-bond acceptors (Lipinski definition) is 4. The van der Waals surface area contributed by atoms with Gasteiger partial charge in [-0.25, -0.2) is 0 Å². The van der Waals surface area contributed by atoms with Crippen LogP contribution in [0.15, 0.2) is 12.3 Å². The van der Waals surface area contributed by atoms with Gasteiger partial charge in [0.05, 0.1) is 18.2 Å². The first-order valence-corrected chi connectivity index (χ1v) is 8.77. The van der Waals surface area contributed by atoms with E-state index in [1.807, 2.05) is 6.07 Å². The highest BCUT2D eigenvalue weighted by molar-refractivity contribution is 5.94. The molecule has 2 aliphatic carbocycles. The van der Waals surface area contributed by atoms with E-state index in [9.17, 15) is 4.79 Å². The first-order valence-electron chi connectivity index (χ1n) is 8.77. The Labute approximate surface area is 136 Å². The Balaban J connectivity index is 1.39. The fourth-order valence-electron chi connectivity index (χ4n) is 3.39. The van der Waals surface area contributed by atoms with Gasteiger partial charge in [0.15, 0.2) is 0 Å². The van der Waals surface area contributed by atoms with Gasteiger partial charge in [-0.3, -0.25) is 9.78 Å². The van der Waals surface area contributed by atoms with Crippen LogP contribution in [-0.2, 0) is 22.3 Å². The molecule has 1 saturated heterocycles. The quantitative estimate of drug-likeness (QED) is 0.901. The molecule has 4 rings (SSSR count). The van der Waals surface area contributed by atoms with Crippen molar-refractivity contribution < 1.29 is 14.3 Å². The molecule has 1 N–H and O–H groups in total. The molecule has 1 aromatic heterocycles. The number of fused-ring (bicyclic) bond motifs is 1. The van der Waals surface area contributed by atoms with Crippen molar-refractivity contribution in [1.82, 2.24) is 10.3 Å². The van der Waals surface area contributed by atoms with E-state index >= 15 is 0 Å². The summed E-state index contributed by atoms with van der Waals surface area (Å²) in [5.74, 6) is 0.674. The average Bonchev–Trinajstić information content (AvgIpc) is 3.28. The number of ether oxygens (including phenoxy) is 2. The lowest BCUT2D eigenvalue weighted by atomic mass is 10.0. The molecule has 2 fully saturated rings. The number of pyridine rings is 1. The average molecular weight is 316 g/mol. The molecule has 1 amide bonds. The molecule has 0 spiro atoms. The maximum atomic E-state index is 12.6. The smallest absolute Gasteiger partial charge is 0.253 e. The molecule has 0 unspecified atom stereocenters. The van der Waals surface area contributed by atoms with Crippen molar-refractivity contribution in [2.45, 2.75) is 50.7 Å². The van der Waals surface area contributed by atoms with Gasteiger partial charge in [-0.15, -0.1) is 0 Å². The van der Waals surface area contributed by atoms with E-state index in [-0.39, 0.29) is 18.1 Å².